The minimum atomic E-state index is -4.68. The summed E-state index contributed by atoms with van der Waals surface area (Å²) in [4.78, 5) is 37.7. The van der Waals surface area contributed by atoms with Crippen LogP contribution in [0.3, 0.4) is 0 Å². The first-order valence-electron chi connectivity index (χ1n) is 9.48. The Labute approximate surface area is 170 Å². The molecule has 0 spiro atoms. The molecule has 1 aromatic heterocycles. The fourth-order valence-electron chi connectivity index (χ4n) is 3.41. The number of aryl methyl sites for hydroxylation is 1. The third kappa shape index (κ3) is 4.27. The van der Waals surface area contributed by atoms with E-state index >= 15 is 0 Å². The Balaban J connectivity index is 1.70. The summed E-state index contributed by atoms with van der Waals surface area (Å²) >= 11 is 0. The van der Waals surface area contributed by atoms with Gasteiger partial charge in [0.05, 0.1) is 12.2 Å². The van der Waals surface area contributed by atoms with E-state index in [2.05, 4.69) is 0 Å². The Morgan fingerprint density at radius 2 is 1.90 bits per heavy atom. The molecule has 3 rings (SSSR count). The molecule has 0 atom stereocenters. The lowest BCUT2D eigenvalue weighted by atomic mass is 10.0. The van der Waals surface area contributed by atoms with E-state index in [1.54, 1.807) is 14.0 Å². The van der Waals surface area contributed by atoms with Gasteiger partial charge in [-0.3, -0.25) is 9.69 Å². The number of ether oxygens (including phenoxy) is 1. The van der Waals surface area contributed by atoms with Crippen LogP contribution in [0.25, 0.3) is 11.0 Å². The van der Waals surface area contributed by atoms with Gasteiger partial charge in [0.15, 0.2) is 0 Å². The molecule has 3 amide bonds. The van der Waals surface area contributed by atoms with Gasteiger partial charge in [-0.2, -0.15) is 13.2 Å². The summed E-state index contributed by atoms with van der Waals surface area (Å²) in [7, 11) is 1.55. The molecule has 0 N–H and O–H groups in total. The Kier molecular flexibility index (Phi) is 6.04. The highest BCUT2D eigenvalue weighted by Crippen LogP contribution is 2.37. The maximum absolute atomic E-state index is 13.3. The fraction of sp³-hybridized carbons (Fsp3) is 0.450. The van der Waals surface area contributed by atoms with E-state index < -0.39 is 17.4 Å². The molecule has 1 fully saturated rings. The summed E-state index contributed by atoms with van der Waals surface area (Å²) in [6.07, 6.45) is -3.33. The number of urea groups is 1. The number of alkyl halides is 3. The minimum absolute atomic E-state index is 0.0669. The average molecular weight is 426 g/mol. The van der Waals surface area contributed by atoms with Crippen molar-refractivity contribution >= 4 is 22.9 Å². The van der Waals surface area contributed by atoms with E-state index in [0.29, 0.717) is 36.6 Å². The van der Waals surface area contributed by atoms with Gasteiger partial charge >= 0.3 is 17.8 Å². The van der Waals surface area contributed by atoms with Gasteiger partial charge in [0.25, 0.3) is 0 Å². The van der Waals surface area contributed by atoms with Crippen LogP contribution in [0, 0.1) is 0 Å². The van der Waals surface area contributed by atoms with Gasteiger partial charge in [0.2, 0.25) is 5.91 Å². The molecule has 10 heteroatoms. The summed E-state index contributed by atoms with van der Waals surface area (Å²) in [5.41, 5.74) is -1.88. The number of likely N-dealkylation sites (N-methyl/N-ethyl adjacent to an activating group) is 1. The van der Waals surface area contributed by atoms with Crippen LogP contribution < -0.4 is 10.4 Å². The molecule has 1 aliphatic rings. The number of hydrogen-bond acceptors (Lipinski definition) is 5. The number of amides is 3. The molecule has 1 saturated heterocycles. The molecule has 2 aromatic rings. The lowest BCUT2D eigenvalue weighted by Gasteiger charge is -2.16. The first-order valence-corrected chi connectivity index (χ1v) is 9.48. The van der Waals surface area contributed by atoms with E-state index in [1.165, 1.54) is 21.9 Å². The van der Waals surface area contributed by atoms with Crippen molar-refractivity contribution in [3.05, 3.63) is 39.7 Å². The van der Waals surface area contributed by atoms with Crippen molar-refractivity contribution in [1.29, 1.82) is 0 Å². The molecular weight excluding hydrogens is 405 g/mol. The summed E-state index contributed by atoms with van der Waals surface area (Å²) in [5, 5.41) is -0.193. The lowest BCUT2D eigenvalue weighted by molar-refractivity contribution is -0.136. The highest BCUT2D eigenvalue weighted by Gasteiger charge is 2.35. The van der Waals surface area contributed by atoms with Crippen LogP contribution in [0.4, 0.5) is 18.0 Å². The summed E-state index contributed by atoms with van der Waals surface area (Å²) < 4.78 is 50.6. The molecular formula is C20H21F3N2O5. The molecule has 7 nitrogen and oxygen atoms in total. The van der Waals surface area contributed by atoms with Crippen LogP contribution in [0.2, 0.25) is 0 Å². The van der Waals surface area contributed by atoms with Crippen molar-refractivity contribution in [2.45, 2.75) is 32.4 Å². The second kappa shape index (κ2) is 8.37. The maximum Gasteiger partial charge on any atom is 0.417 e. The maximum atomic E-state index is 13.3. The molecule has 2 heterocycles. The van der Waals surface area contributed by atoms with Gasteiger partial charge in [-0.05, 0) is 31.4 Å². The predicted octanol–water partition coefficient (Wildman–Crippen LogP) is 3.43. The van der Waals surface area contributed by atoms with E-state index in [1.807, 2.05) is 0 Å². The zero-order chi connectivity index (χ0) is 22.1. The molecule has 30 heavy (non-hydrogen) atoms. The van der Waals surface area contributed by atoms with Gasteiger partial charge in [0, 0.05) is 30.6 Å². The average Bonchev–Trinajstić information content (AvgIpc) is 2.91. The molecule has 1 aliphatic heterocycles. The third-order valence-electron chi connectivity index (χ3n) is 4.90. The van der Waals surface area contributed by atoms with Crippen LogP contribution in [-0.4, -0.2) is 48.5 Å². The van der Waals surface area contributed by atoms with E-state index in [0.717, 1.165) is 0 Å². The number of unbranched alkanes of at least 4 members (excludes halogenated alkanes) is 1. The minimum Gasteiger partial charge on any atom is -0.493 e. The van der Waals surface area contributed by atoms with Crippen LogP contribution in [-0.2, 0) is 17.4 Å². The quantitative estimate of drug-likeness (QED) is 0.385. The topological polar surface area (TPSA) is 80.1 Å². The summed E-state index contributed by atoms with van der Waals surface area (Å²) in [6, 6.07) is 2.77. The van der Waals surface area contributed by atoms with Gasteiger partial charge in [-0.15, -0.1) is 0 Å². The SMILES string of the molecule is CCc1c(OCCCCN2C(=O)CN(C)C2=O)ccc2c(C(F)(F)F)cc(=O)oc12. The van der Waals surface area contributed by atoms with Crippen LogP contribution in [0.5, 0.6) is 5.75 Å². The van der Waals surface area contributed by atoms with Gasteiger partial charge in [-0.1, -0.05) is 6.92 Å². The molecule has 0 unspecified atom stereocenters. The Morgan fingerprint density at radius 1 is 1.17 bits per heavy atom. The van der Waals surface area contributed by atoms with Crippen LogP contribution in [0.15, 0.2) is 27.4 Å². The number of hydrogen-bond donors (Lipinski definition) is 0. The highest BCUT2D eigenvalue weighted by molar-refractivity contribution is 6.01. The van der Waals surface area contributed by atoms with Crippen molar-refractivity contribution < 1.29 is 31.9 Å². The standard InChI is InChI=1S/C20H21F3N2O5/c1-3-12-15(29-9-5-4-8-25-16(26)11-24(2)19(25)28)7-6-13-14(20(21,22)23)10-17(27)30-18(12)13/h6-7,10H,3-5,8-9,11H2,1-2H3. The molecule has 0 aliphatic carbocycles. The highest BCUT2D eigenvalue weighted by atomic mass is 19.4. The smallest absolute Gasteiger partial charge is 0.417 e. The number of fused-ring (bicyclic) bond motifs is 1. The monoisotopic (exact) mass is 426 g/mol. The second-order valence-electron chi connectivity index (χ2n) is 6.99. The zero-order valence-electron chi connectivity index (χ0n) is 16.5. The van der Waals surface area contributed by atoms with Crippen molar-refractivity contribution in [3.63, 3.8) is 0 Å². The van der Waals surface area contributed by atoms with Gasteiger partial charge in [0.1, 0.15) is 17.9 Å². The predicted molar refractivity (Wildman–Crippen MR) is 101 cm³/mol. The molecule has 0 radical (unpaired) electrons. The summed E-state index contributed by atoms with van der Waals surface area (Å²) in [5.74, 6) is 0.0854. The van der Waals surface area contributed by atoms with Crippen LogP contribution in [0.1, 0.15) is 30.9 Å². The van der Waals surface area contributed by atoms with Crippen molar-refractivity contribution in [1.82, 2.24) is 9.80 Å². The van der Waals surface area contributed by atoms with E-state index in [4.69, 9.17) is 9.15 Å². The summed E-state index contributed by atoms with van der Waals surface area (Å²) in [6.45, 7) is 2.29. The first-order chi connectivity index (χ1) is 14.1. The Hall–Kier alpha value is -3.04. The van der Waals surface area contributed by atoms with Crippen molar-refractivity contribution in [3.8, 4) is 5.75 Å². The Bertz CT molecular complexity index is 1030. The number of nitrogens with zero attached hydrogens (tertiary/aromatic N) is 2. The molecule has 1 aromatic carbocycles. The lowest BCUT2D eigenvalue weighted by Crippen LogP contribution is -2.32. The molecule has 0 bridgehead atoms. The number of carbonyl (C=O) groups excluding carboxylic acids is 2. The normalized spacial score (nSPS) is 14.8. The first kappa shape index (κ1) is 21.7. The Morgan fingerprint density at radius 3 is 2.50 bits per heavy atom. The van der Waals surface area contributed by atoms with Gasteiger partial charge < -0.3 is 14.1 Å². The molecule has 0 saturated carbocycles. The van der Waals surface area contributed by atoms with Crippen molar-refractivity contribution in [2.75, 3.05) is 26.7 Å². The largest absolute Gasteiger partial charge is 0.493 e. The van der Waals surface area contributed by atoms with Gasteiger partial charge in [-0.25, -0.2) is 9.59 Å². The number of benzene rings is 1. The number of imide groups is 1. The second-order valence-corrected chi connectivity index (χ2v) is 6.99. The van der Waals surface area contributed by atoms with Crippen LogP contribution >= 0.6 is 0 Å². The van der Waals surface area contributed by atoms with Crippen molar-refractivity contribution in [2.24, 2.45) is 0 Å². The fourth-order valence-corrected chi connectivity index (χ4v) is 3.41. The zero-order valence-corrected chi connectivity index (χ0v) is 16.5. The third-order valence-corrected chi connectivity index (χ3v) is 4.90. The number of halogens is 3. The molecule has 162 valence electrons. The van der Waals surface area contributed by atoms with E-state index in [-0.39, 0.29) is 42.6 Å². The van der Waals surface area contributed by atoms with E-state index in [9.17, 15) is 27.6 Å². The number of carbonyl (C=O) groups is 2. The number of rotatable bonds is 7.